The largest absolute Gasteiger partial charge is 0.392 e. The molecule has 1 aliphatic heterocycles. The minimum Gasteiger partial charge on any atom is -0.392 e. The number of β-amino-alcohol motifs (C(OH)–C–C–N with tert-alkyl or cyclic N) is 1. The number of aromatic nitrogens is 1. The average molecular weight is 358 g/mol. The molecule has 0 spiro atoms. The van der Waals surface area contributed by atoms with E-state index in [9.17, 15) is 14.7 Å². The summed E-state index contributed by atoms with van der Waals surface area (Å²) < 4.78 is 1.93. The molecule has 0 bridgehead atoms. The standard InChI is InChI=1S/C19H26N4O3/c1-3-22(4-2)18(25)12-23-8-7-13-9-14(5-6-17(13)23)21-19(26)16-10-15(24)11-20-16/h5-9,15-16,20,24H,3-4,10-12H2,1-2H3,(H,21,26). The Kier molecular flexibility index (Phi) is 5.58. The highest BCUT2D eigenvalue weighted by Gasteiger charge is 2.28. The molecule has 2 unspecified atom stereocenters. The van der Waals surface area contributed by atoms with Gasteiger partial charge < -0.3 is 25.2 Å². The van der Waals surface area contributed by atoms with Gasteiger partial charge in [0, 0.05) is 42.4 Å². The maximum absolute atomic E-state index is 12.3. The van der Waals surface area contributed by atoms with Gasteiger partial charge in [-0.05, 0) is 44.5 Å². The van der Waals surface area contributed by atoms with E-state index in [0.29, 0.717) is 38.3 Å². The second-order valence-electron chi connectivity index (χ2n) is 6.62. The lowest BCUT2D eigenvalue weighted by atomic mass is 10.2. The Balaban J connectivity index is 1.70. The van der Waals surface area contributed by atoms with Crippen LogP contribution in [-0.4, -0.2) is 58.2 Å². The third-order valence-corrected chi connectivity index (χ3v) is 4.88. The second-order valence-corrected chi connectivity index (χ2v) is 6.62. The zero-order valence-corrected chi connectivity index (χ0v) is 15.2. The molecule has 3 rings (SSSR count). The Morgan fingerprint density at radius 1 is 1.31 bits per heavy atom. The van der Waals surface area contributed by atoms with Crippen LogP contribution in [0.3, 0.4) is 0 Å². The number of amides is 2. The lowest BCUT2D eigenvalue weighted by Crippen LogP contribution is -2.35. The van der Waals surface area contributed by atoms with Gasteiger partial charge in [0.2, 0.25) is 11.8 Å². The van der Waals surface area contributed by atoms with Crippen LogP contribution in [0.4, 0.5) is 5.69 Å². The molecule has 2 aromatic rings. The fourth-order valence-corrected chi connectivity index (χ4v) is 3.38. The second kappa shape index (κ2) is 7.88. The third kappa shape index (κ3) is 3.89. The Labute approximate surface area is 153 Å². The topological polar surface area (TPSA) is 86.6 Å². The summed E-state index contributed by atoms with van der Waals surface area (Å²) in [4.78, 5) is 26.4. The van der Waals surface area contributed by atoms with Crippen LogP contribution in [0.25, 0.3) is 10.9 Å². The first-order valence-corrected chi connectivity index (χ1v) is 9.10. The maximum atomic E-state index is 12.3. The van der Waals surface area contributed by atoms with Gasteiger partial charge >= 0.3 is 0 Å². The summed E-state index contributed by atoms with van der Waals surface area (Å²) in [5, 5.41) is 16.4. The van der Waals surface area contributed by atoms with Crippen LogP contribution in [0.15, 0.2) is 30.5 Å². The highest BCUT2D eigenvalue weighted by molar-refractivity contribution is 5.97. The SMILES string of the molecule is CCN(CC)C(=O)Cn1ccc2cc(NC(=O)C3CC(O)CN3)ccc21. The summed E-state index contributed by atoms with van der Waals surface area (Å²) >= 11 is 0. The molecule has 1 saturated heterocycles. The number of hydrogen-bond acceptors (Lipinski definition) is 4. The molecule has 0 saturated carbocycles. The highest BCUT2D eigenvalue weighted by atomic mass is 16.3. The van der Waals surface area contributed by atoms with E-state index in [1.54, 1.807) is 0 Å². The molecule has 26 heavy (non-hydrogen) atoms. The number of nitrogens with one attached hydrogen (secondary N) is 2. The summed E-state index contributed by atoms with van der Waals surface area (Å²) in [6, 6.07) is 7.23. The first-order chi connectivity index (χ1) is 12.5. The molecule has 0 aliphatic carbocycles. The van der Waals surface area contributed by atoms with Gasteiger partial charge in [-0.3, -0.25) is 9.59 Å². The fraction of sp³-hybridized carbons (Fsp3) is 0.474. The zero-order valence-electron chi connectivity index (χ0n) is 15.2. The van der Waals surface area contributed by atoms with Crippen LogP contribution >= 0.6 is 0 Å². The van der Waals surface area contributed by atoms with E-state index in [0.717, 1.165) is 10.9 Å². The third-order valence-electron chi connectivity index (χ3n) is 4.88. The molecule has 140 valence electrons. The smallest absolute Gasteiger partial charge is 0.242 e. The first-order valence-electron chi connectivity index (χ1n) is 9.10. The molecule has 2 amide bonds. The van der Waals surface area contributed by atoms with E-state index in [1.807, 2.05) is 53.8 Å². The van der Waals surface area contributed by atoms with Crippen LogP contribution in [0.1, 0.15) is 20.3 Å². The summed E-state index contributed by atoms with van der Waals surface area (Å²) in [7, 11) is 0. The first kappa shape index (κ1) is 18.4. The van der Waals surface area contributed by atoms with E-state index in [1.165, 1.54) is 0 Å². The van der Waals surface area contributed by atoms with Gasteiger partial charge in [-0.1, -0.05) is 0 Å². The van der Waals surface area contributed by atoms with Crippen molar-refractivity contribution in [1.82, 2.24) is 14.8 Å². The fourth-order valence-electron chi connectivity index (χ4n) is 3.38. The van der Waals surface area contributed by atoms with Crippen LogP contribution in [0, 0.1) is 0 Å². The Bertz CT molecular complexity index is 797. The van der Waals surface area contributed by atoms with E-state index in [2.05, 4.69) is 10.6 Å². The predicted molar refractivity (Wildman–Crippen MR) is 101 cm³/mol. The highest BCUT2D eigenvalue weighted by Crippen LogP contribution is 2.21. The zero-order chi connectivity index (χ0) is 18.7. The van der Waals surface area contributed by atoms with Crippen molar-refractivity contribution < 1.29 is 14.7 Å². The minimum absolute atomic E-state index is 0.0933. The molecule has 2 heterocycles. The molecule has 1 aliphatic rings. The molecule has 1 aromatic carbocycles. The summed E-state index contributed by atoms with van der Waals surface area (Å²) in [6.45, 7) is 6.11. The van der Waals surface area contributed by atoms with Crippen molar-refractivity contribution in [3.05, 3.63) is 30.5 Å². The van der Waals surface area contributed by atoms with Gasteiger partial charge in [0.05, 0.1) is 12.1 Å². The van der Waals surface area contributed by atoms with E-state index in [-0.39, 0.29) is 17.9 Å². The van der Waals surface area contributed by atoms with Crippen LogP contribution < -0.4 is 10.6 Å². The number of anilines is 1. The van der Waals surface area contributed by atoms with Crippen molar-refractivity contribution in [2.45, 2.75) is 39.0 Å². The molecule has 1 fully saturated rings. The molecule has 0 radical (unpaired) electrons. The predicted octanol–water partition coefficient (Wildman–Crippen LogP) is 1.17. The molecule has 2 atom stereocenters. The Morgan fingerprint density at radius 2 is 2.08 bits per heavy atom. The number of fused-ring (bicyclic) bond motifs is 1. The van der Waals surface area contributed by atoms with Crippen molar-refractivity contribution in [1.29, 1.82) is 0 Å². The van der Waals surface area contributed by atoms with Gasteiger partial charge in [-0.15, -0.1) is 0 Å². The maximum Gasteiger partial charge on any atom is 0.242 e. The molecule has 7 heteroatoms. The number of nitrogens with zero attached hydrogens (tertiary/aromatic N) is 2. The van der Waals surface area contributed by atoms with Gasteiger partial charge in [0.25, 0.3) is 0 Å². The number of rotatable bonds is 6. The number of hydrogen-bond donors (Lipinski definition) is 3. The number of aliphatic hydroxyl groups is 1. The van der Waals surface area contributed by atoms with Crippen LogP contribution in [0.5, 0.6) is 0 Å². The normalized spacial score (nSPS) is 19.7. The number of likely N-dealkylation sites (N-methyl/N-ethyl adjacent to an activating group) is 1. The summed E-state index contributed by atoms with van der Waals surface area (Å²) in [5.74, 6) is -0.0483. The van der Waals surface area contributed by atoms with E-state index >= 15 is 0 Å². The number of aliphatic hydroxyl groups excluding tert-OH is 1. The van der Waals surface area contributed by atoms with E-state index < -0.39 is 6.10 Å². The van der Waals surface area contributed by atoms with E-state index in [4.69, 9.17) is 0 Å². The van der Waals surface area contributed by atoms with Gasteiger partial charge in [-0.25, -0.2) is 0 Å². The monoisotopic (exact) mass is 358 g/mol. The van der Waals surface area contributed by atoms with Crippen molar-refractivity contribution in [2.75, 3.05) is 25.0 Å². The summed E-state index contributed by atoms with van der Waals surface area (Å²) in [5.41, 5.74) is 1.66. The van der Waals surface area contributed by atoms with Crippen LogP contribution in [0.2, 0.25) is 0 Å². The minimum atomic E-state index is -0.467. The summed E-state index contributed by atoms with van der Waals surface area (Å²) in [6.07, 6.45) is 1.86. The number of benzene rings is 1. The lowest BCUT2D eigenvalue weighted by Gasteiger charge is -2.19. The van der Waals surface area contributed by atoms with Gasteiger partial charge in [0.15, 0.2) is 0 Å². The Hall–Kier alpha value is -2.38. The van der Waals surface area contributed by atoms with Crippen LogP contribution in [-0.2, 0) is 16.1 Å². The molecule has 3 N–H and O–H groups in total. The van der Waals surface area contributed by atoms with Gasteiger partial charge in [-0.2, -0.15) is 0 Å². The lowest BCUT2D eigenvalue weighted by molar-refractivity contribution is -0.131. The van der Waals surface area contributed by atoms with Crippen molar-refractivity contribution in [2.24, 2.45) is 0 Å². The van der Waals surface area contributed by atoms with Gasteiger partial charge in [0.1, 0.15) is 6.54 Å². The molecular weight excluding hydrogens is 332 g/mol. The number of carbonyl (C=O) groups is 2. The Morgan fingerprint density at radius 3 is 2.73 bits per heavy atom. The number of carbonyl (C=O) groups excluding carboxylic acids is 2. The van der Waals surface area contributed by atoms with Crippen molar-refractivity contribution >= 4 is 28.4 Å². The molecule has 7 nitrogen and oxygen atoms in total. The molecular formula is C19H26N4O3. The van der Waals surface area contributed by atoms with Crippen molar-refractivity contribution in [3.8, 4) is 0 Å². The molecule has 1 aromatic heterocycles. The van der Waals surface area contributed by atoms with Crippen molar-refractivity contribution in [3.63, 3.8) is 0 Å². The average Bonchev–Trinajstić information content (AvgIpc) is 3.22. The quantitative estimate of drug-likeness (QED) is 0.724.